The van der Waals surface area contributed by atoms with Crippen LogP contribution in [0.25, 0.3) is 0 Å². The van der Waals surface area contributed by atoms with Gasteiger partial charge in [0.15, 0.2) is 0 Å². The van der Waals surface area contributed by atoms with Crippen molar-refractivity contribution in [1.82, 2.24) is 9.80 Å². The van der Waals surface area contributed by atoms with Crippen molar-refractivity contribution in [3.05, 3.63) is 0 Å². The highest BCUT2D eigenvalue weighted by atomic mass is 35.5. The lowest BCUT2D eigenvalue weighted by molar-refractivity contribution is 0.0282. The molecule has 0 aliphatic rings. The van der Waals surface area contributed by atoms with Gasteiger partial charge in [0, 0.05) is 32.6 Å². The fourth-order valence-electron chi connectivity index (χ4n) is 1.25. The molecule has 1 atom stereocenters. The maximum Gasteiger partial charge on any atom is 0.410 e. The van der Waals surface area contributed by atoms with Crippen molar-refractivity contribution in [2.75, 3.05) is 39.6 Å². The first-order valence-corrected chi connectivity index (χ1v) is 6.56. The Morgan fingerprint density at radius 3 is 2.33 bits per heavy atom. The quantitative estimate of drug-likeness (QED) is 0.747. The average Bonchev–Trinajstić information content (AvgIpc) is 2.23. The van der Waals surface area contributed by atoms with Crippen LogP contribution in [0.4, 0.5) is 4.79 Å². The minimum Gasteiger partial charge on any atom is -0.444 e. The molecule has 5 nitrogen and oxygen atoms in total. The summed E-state index contributed by atoms with van der Waals surface area (Å²) < 4.78 is 5.23. The number of halogens is 1. The molecule has 0 fully saturated rings. The number of aliphatic hydroxyl groups excluding tert-OH is 1. The second kappa shape index (κ2) is 7.81. The fraction of sp³-hybridized carbons (Fsp3) is 0.917. The Morgan fingerprint density at radius 1 is 1.33 bits per heavy atom. The minimum atomic E-state index is -0.538. The number of amides is 1. The molecule has 1 amide bonds. The molecule has 0 saturated heterocycles. The summed E-state index contributed by atoms with van der Waals surface area (Å²) >= 11 is 5.52. The van der Waals surface area contributed by atoms with Crippen LogP contribution in [0.5, 0.6) is 0 Å². The standard InChI is InChI=1S/C12H25ClN2O3/c1-12(2,3)18-11(17)15(5)7-6-14(4)9-10(16)8-13/h10,16H,6-9H2,1-5H3/t10-/m1/s1. The van der Waals surface area contributed by atoms with Gasteiger partial charge in [-0.3, -0.25) is 0 Å². The van der Waals surface area contributed by atoms with Gasteiger partial charge < -0.3 is 19.6 Å². The highest BCUT2D eigenvalue weighted by molar-refractivity contribution is 6.18. The Morgan fingerprint density at radius 2 is 1.89 bits per heavy atom. The van der Waals surface area contributed by atoms with E-state index in [0.717, 1.165) is 0 Å². The Labute approximate surface area is 115 Å². The Kier molecular flexibility index (Phi) is 7.59. The van der Waals surface area contributed by atoms with Crippen LogP contribution in [-0.2, 0) is 4.74 Å². The molecule has 0 unspecified atom stereocenters. The van der Waals surface area contributed by atoms with Crippen molar-refractivity contribution >= 4 is 17.7 Å². The van der Waals surface area contributed by atoms with E-state index >= 15 is 0 Å². The van der Waals surface area contributed by atoms with Crippen LogP contribution in [0.2, 0.25) is 0 Å². The van der Waals surface area contributed by atoms with Gasteiger partial charge in [0.05, 0.1) is 6.10 Å². The van der Waals surface area contributed by atoms with Crippen LogP contribution in [0.15, 0.2) is 0 Å². The van der Waals surface area contributed by atoms with Gasteiger partial charge in [-0.05, 0) is 27.8 Å². The van der Waals surface area contributed by atoms with Crippen LogP contribution in [0, 0.1) is 0 Å². The van der Waals surface area contributed by atoms with E-state index in [0.29, 0.717) is 19.6 Å². The molecule has 6 heteroatoms. The topological polar surface area (TPSA) is 53.0 Å². The second-order valence-corrected chi connectivity index (χ2v) is 5.78. The summed E-state index contributed by atoms with van der Waals surface area (Å²) in [6, 6.07) is 0. The van der Waals surface area contributed by atoms with E-state index in [1.807, 2.05) is 32.7 Å². The van der Waals surface area contributed by atoms with Gasteiger partial charge in [-0.1, -0.05) is 0 Å². The van der Waals surface area contributed by atoms with Gasteiger partial charge in [0.2, 0.25) is 0 Å². The summed E-state index contributed by atoms with van der Waals surface area (Å²) in [5, 5.41) is 9.38. The number of alkyl halides is 1. The summed E-state index contributed by atoms with van der Waals surface area (Å²) in [4.78, 5) is 15.1. The minimum absolute atomic E-state index is 0.215. The van der Waals surface area contributed by atoms with Crippen molar-refractivity contribution in [1.29, 1.82) is 0 Å². The lowest BCUT2D eigenvalue weighted by Crippen LogP contribution is -2.40. The van der Waals surface area contributed by atoms with Crippen molar-refractivity contribution in [3.8, 4) is 0 Å². The number of ether oxygens (including phenoxy) is 1. The highest BCUT2D eigenvalue weighted by Gasteiger charge is 2.19. The molecule has 0 rings (SSSR count). The van der Waals surface area contributed by atoms with Crippen molar-refractivity contribution in [3.63, 3.8) is 0 Å². The summed E-state index contributed by atoms with van der Waals surface area (Å²) in [5.41, 5.74) is -0.480. The third kappa shape index (κ3) is 8.55. The molecular weight excluding hydrogens is 256 g/mol. The zero-order valence-corrected chi connectivity index (χ0v) is 12.7. The predicted molar refractivity (Wildman–Crippen MR) is 73.1 cm³/mol. The van der Waals surface area contributed by atoms with Crippen LogP contribution < -0.4 is 0 Å². The smallest absolute Gasteiger partial charge is 0.410 e. The largest absolute Gasteiger partial charge is 0.444 e. The zero-order chi connectivity index (χ0) is 14.3. The van der Waals surface area contributed by atoms with Gasteiger partial charge in [0.25, 0.3) is 0 Å². The number of carbonyl (C=O) groups is 1. The monoisotopic (exact) mass is 280 g/mol. The first-order chi connectivity index (χ1) is 8.15. The summed E-state index contributed by atoms with van der Waals surface area (Å²) in [7, 11) is 3.57. The number of likely N-dealkylation sites (N-methyl/N-ethyl adjacent to an activating group) is 2. The molecule has 0 aromatic rings. The maximum absolute atomic E-state index is 11.7. The van der Waals surface area contributed by atoms with E-state index in [2.05, 4.69) is 0 Å². The molecule has 18 heavy (non-hydrogen) atoms. The first-order valence-electron chi connectivity index (χ1n) is 6.02. The lowest BCUT2D eigenvalue weighted by Gasteiger charge is -2.26. The van der Waals surface area contributed by atoms with Gasteiger partial charge in [-0.2, -0.15) is 0 Å². The molecule has 0 spiro atoms. The van der Waals surface area contributed by atoms with Gasteiger partial charge in [-0.25, -0.2) is 4.79 Å². The second-order valence-electron chi connectivity index (χ2n) is 5.47. The molecule has 1 N–H and O–H groups in total. The number of rotatable bonds is 6. The number of carbonyl (C=O) groups excluding carboxylic acids is 1. The Bertz CT molecular complexity index is 256. The van der Waals surface area contributed by atoms with E-state index in [4.69, 9.17) is 16.3 Å². The molecule has 0 saturated carbocycles. The predicted octanol–water partition coefficient (Wildman–Crippen LogP) is 1.38. The lowest BCUT2D eigenvalue weighted by atomic mass is 10.2. The Hall–Kier alpha value is -0.520. The van der Waals surface area contributed by atoms with E-state index in [-0.39, 0.29) is 12.0 Å². The van der Waals surface area contributed by atoms with Gasteiger partial charge in [0.1, 0.15) is 5.60 Å². The molecule has 108 valence electrons. The molecule has 0 aliphatic carbocycles. The van der Waals surface area contributed by atoms with Crippen LogP contribution >= 0.6 is 11.6 Å². The number of nitrogens with zero attached hydrogens (tertiary/aromatic N) is 2. The average molecular weight is 281 g/mol. The van der Waals surface area contributed by atoms with E-state index in [9.17, 15) is 9.90 Å². The summed E-state index contributed by atoms with van der Waals surface area (Å²) in [6.45, 7) is 7.20. The zero-order valence-electron chi connectivity index (χ0n) is 11.9. The third-order valence-electron chi connectivity index (χ3n) is 2.22. The van der Waals surface area contributed by atoms with Crippen molar-refractivity contribution in [2.45, 2.75) is 32.5 Å². The number of hydrogen-bond donors (Lipinski definition) is 1. The van der Waals surface area contributed by atoms with Gasteiger partial charge in [-0.15, -0.1) is 11.6 Å². The van der Waals surface area contributed by atoms with E-state index in [1.54, 1.807) is 7.05 Å². The van der Waals surface area contributed by atoms with Crippen LogP contribution in [-0.4, -0.2) is 72.3 Å². The normalized spacial score (nSPS) is 13.6. The molecule has 0 radical (unpaired) electrons. The molecular formula is C12H25ClN2O3. The first kappa shape index (κ1) is 17.5. The molecule has 0 heterocycles. The highest BCUT2D eigenvalue weighted by Crippen LogP contribution is 2.08. The molecule has 0 aromatic carbocycles. The van der Waals surface area contributed by atoms with Crippen LogP contribution in [0.3, 0.4) is 0 Å². The molecule has 0 aromatic heterocycles. The molecule has 0 bridgehead atoms. The number of hydrogen-bond acceptors (Lipinski definition) is 4. The molecule has 0 aliphatic heterocycles. The van der Waals surface area contributed by atoms with E-state index < -0.39 is 11.7 Å². The Balaban J connectivity index is 3.95. The van der Waals surface area contributed by atoms with Gasteiger partial charge >= 0.3 is 6.09 Å². The summed E-state index contributed by atoms with van der Waals surface area (Å²) in [5.74, 6) is 0.215. The number of aliphatic hydroxyl groups is 1. The fourth-order valence-corrected chi connectivity index (χ4v) is 1.35. The van der Waals surface area contributed by atoms with E-state index in [1.165, 1.54) is 4.90 Å². The van der Waals surface area contributed by atoms with Crippen molar-refractivity contribution in [2.24, 2.45) is 0 Å². The van der Waals surface area contributed by atoms with Crippen LogP contribution in [0.1, 0.15) is 20.8 Å². The summed E-state index contributed by atoms with van der Waals surface area (Å²) in [6.07, 6.45) is -0.878. The van der Waals surface area contributed by atoms with Crippen molar-refractivity contribution < 1.29 is 14.6 Å². The SMILES string of the molecule is CN(CCN(C)C(=O)OC(C)(C)C)C[C@H](O)CCl. The third-order valence-corrected chi connectivity index (χ3v) is 2.58. The maximum atomic E-state index is 11.7.